The molecule has 2 rings (SSSR count). The highest BCUT2D eigenvalue weighted by atomic mass is 14.9. The Balaban J connectivity index is 2.85. The summed E-state index contributed by atoms with van der Waals surface area (Å²) >= 11 is 0. The molecule has 1 aromatic carbocycles. The second kappa shape index (κ2) is 5.82. The van der Waals surface area contributed by atoms with E-state index in [9.17, 15) is 0 Å². The minimum atomic E-state index is 0.476. The lowest BCUT2D eigenvalue weighted by molar-refractivity contribution is 0.843. The summed E-state index contributed by atoms with van der Waals surface area (Å²) in [4.78, 5) is 4.92. The van der Waals surface area contributed by atoms with Crippen LogP contribution in [0, 0.1) is 6.92 Å². The number of pyridine rings is 1. The van der Waals surface area contributed by atoms with E-state index in [1.54, 1.807) is 0 Å². The summed E-state index contributed by atoms with van der Waals surface area (Å²) in [5, 5.41) is 4.82. The Labute approximate surface area is 122 Å². The molecule has 0 spiro atoms. The first-order valence-corrected chi connectivity index (χ1v) is 7.64. The van der Waals surface area contributed by atoms with E-state index in [1.807, 2.05) is 0 Å². The summed E-state index contributed by atoms with van der Waals surface area (Å²) in [5.41, 5.74) is 6.25. The molecule has 20 heavy (non-hydrogen) atoms. The molecule has 2 heteroatoms. The second-order valence-corrected chi connectivity index (χ2v) is 6.07. The predicted molar refractivity (Wildman–Crippen MR) is 88.8 cm³/mol. The fourth-order valence-electron chi connectivity index (χ4n) is 2.98. The fourth-order valence-corrected chi connectivity index (χ4v) is 2.98. The van der Waals surface area contributed by atoms with Gasteiger partial charge < -0.3 is 5.32 Å². The molecule has 2 aromatic rings. The first kappa shape index (κ1) is 14.8. The van der Waals surface area contributed by atoms with Crippen LogP contribution in [0.2, 0.25) is 0 Å². The van der Waals surface area contributed by atoms with Gasteiger partial charge in [-0.25, -0.2) is 0 Å². The van der Waals surface area contributed by atoms with E-state index in [-0.39, 0.29) is 0 Å². The first-order valence-electron chi connectivity index (χ1n) is 7.64. The summed E-state index contributed by atoms with van der Waals surface area (Å²) in [6.45, 7) is 14.2. The van der Waals surface area contributed by atoms with E-state index < -0.39 is 0 Å². The van der Waals surface area contributed by atoms with Gasteiger partial charge >= 0.3 is 0 Å². The van der Waals surface area contributed by atoms with E-state index >= 15 is 0 Å². The van der Waals surface area contributed by atoms with Gasteiger partial charge in [0.05, 0.1) is 5.52 Å². The molecule has 0 unspecified atom stereocenters. The van der Waals surface area contributed by atoms with Crippen molar-refractivity contribution in [3.05, 3.63) is 35.0 Å². The lowest BCUT2D eigenvalue weighted by Crippen LogP contribution is -2.08. The number of nitrogens with zero attached hydrogens (tertiary/aromatic N) is 1. The van der Waals surface area contributed by atoms with Crippen molar-refractivity contribution in [2.75, 3.05) is 11.9 Å². The average Bonchev–Trinajstić information content (AvgIpc) is 2.37. The maximum Gasteiger partial charge on any atom is 0.0760 e. The van der Waals surface area contributed by atoms with Gasteiger partial charge in [0.25, 0.3) is 0 Å². The number of nitrogens with one attached hydrogen (secondary N) is 1. The van der Waals surface area contributed by atoms with E-state index in [0.717, 1.165) is 17.8 Å². The van der Waals surface area contributed by atoms with Crippen molar-refractivity contribution in [3.8, 4) is 0 Å². The Hall–Kier alpha value is -1.57. The topological polar surface area (TPSA) is 24.9 Å². The number of rotatable bonds is 4. The minimum Gasteiger partial charge on any atom is -0.384 e. The summed E-state index contributed by atoms with van der Waals surface area (Å²) in [6.07, 6.45) is 0. The molecule has 0 atom stereocenters. The fraction of sp³-hybridized carbons (Fsp3) is 0.500. The molecule has 1 aromatic heterocycles. The average molecular weight is 270 g/mol. The highest BCUT2D eigenvalue weighted by Crippen LogP contribution is 2.36. The zero-order valence-corrected chi connectivity index (χ0v) is 13.5. The molecule has 1 N–H and O–H groups in total. The van der Waals surface area contributed by atoms with Crippen LogP contribution in [0.3, 0.4) is 0 Å². The Bertz CT molecular complexity index is 612. The normalized spacial score (nSPS) is 11.6. The van der Waals surface area contributed by atoms with Crippen molar-refractivity contribution in [1.29, 1.82) is 0 Å². The van der Waals surface area contributed by atoms with Crippen LogP contribution in [0.4, 0.5) is 5.69 Å². The van der Waals surface area contributed by atoms with Crippen molar-refractivity contribution in [2.24, 2.45) is 0 Å². The Morgan fingerprint density at radius 2 is 1.80 bits per heavy atom. The number of para-hydroxylation sites is 1. The van der Waals surface area contributed by atoms with Gasteiger partial charge in [0.1, 0.15) is 0 Å². The summed E-state index contributed by atoms with van der Waals surface area (Å²) in [7, 11) is 0. The van der Waals surface area contributed by atoms with Crippen LogP contribution in [0.15, 0.2) is 18.2 Å². The van der Waals surface area contributed by atoms with Gasteiger partial charge in [0, 0.05) is 23.3 Å². The van der Waals surface area contributed by atoms with Crippen LogP contribution < -0.4 is 5.32 Å². The number of fused-ring (bicyclic) bond motifs is 1. The van der Waals surface area contributed by atoms with Crippen molar-refractivity contribution in [1.82, 2.24) is 4.98 Å². The minimum absolute atomic E-state index is 0.476. The Morgan fingerprint density at radius 1 is 1.10 bits per heavy atom. The quantitative estimate of drug-likeness (QED) is 0.823. The first-order chi connectivity index (χ1) is 9.47. The lowest BCUT2D eigenvalue weighted by Gasteiger charge is -2.20. The summed E-state index contributed by atoms with van der Waals surface area (Å²) in [6, 6.07) is 6.54. The van der Waals surface area contributed by atoms with Gasteiger partial charge in [0.2, 0.25) is 0 Å². The highest BCUT2D eigenvalue weighted by molar-refractivity contribution is 5.95. The molecular weight excluding hydrogens is 244 g/mol. The second-order valence-electron chi connectivity index (χ2n) is 6.07. The molecule has 0 bridgehead atoms. The van der Waals surface area contributed by atoms with Crippen molar-refractivity contribution in [3.63, 3.8) is 0 Å². The van der Waals surface area contributed by atoms with E-state index in [2.05, 4.69) is 65.1 Å². The van der Waals surface area contributed by atoms with Crippen molar-refractivity contribution in [2.45, 2.75) is 53.4 Å². The van der Waals surface area contributed by atoms with E-state index in [0.29, 0.717) is 11.8 Å². The molecule has 0 aliphatic rings. The van der Waals surface area contributed by atoms with Gasteiger partial charge in [-0.1, -0.05) is 45.9 Å². The van der Waals surface area contributed by atoms with Crippen molar-refractivity contribution < 1.29 is 0 Å². The predicted octanol–water partition coefficient (Wildman–Crippen LogP) is 5.22. The SMILES string of the molecule is CCNc1c(C(C)C)c(C)nc2c(C(C)C)cccc12. The molecule has 0 aliphatic carbocycles. The van der Waals surface area contributed by atoms with Crippen LogP contribution in [0.25, 0.3) is 10.9 Å². The number of aryl methyl sites for hydroxylation is 1. The van der Waals surface area contributed by atoms with Gasteiger partial charge in [-0.2, -0.15) is 0 Å². The van der Waals surface area contributed by atoms with Gasteiger partial charge in [-0.15, -0.1) is 0 Å². The van der Waals surface area contributed by atoms with Crippen LogP contribution in [0.1, 0.15) is 63.3 Å². The molecule has 0 amide bonds. The van der Waals surface area contributed by atoms with Crippen LogP contribution in [-0.4, -0.2) is 11.5 Å². The smallest absolute Gasteiger partial charge is 0.0760 e. The van der Waals surface area contributed by atoms with E-state index in [1.165, 1.54) is 22.2 Å². The number of anilines is 1. The number of hydrogen-bond donors (Lipinski definition) is 1. The van der Waals surface area contributed by atoms with Crippen LogP contribution in [-0.2, 0) is 0 Å². The molecule has 0 radical (unpaired) electrons. The summed E-state index contributed by atoms with van der Waals surface area (Å²) < 4.78 is 0. The Morgan fingerprint density at radius 3 is 2.35 bits per heavy atom. The molecule has 108 valence electrons. The Kier molecular flexibility index (Phi) is 4.32. The van der Waals surface area contributed by atoms with E-state index in [4.69, 9.17) is 4.98 Å². The molecule has 2 nitrogen and oxygen atoms in total. The standard InChI is InChI=1S/C18H26N2/c1-7-19-18-15-10-8-9-14(11(2)3)17(15)20-13(6)16(18)12(4)5/h8-12H,7H2,1-6H3,(H,19,20). The maximum atomic E-state index is 4.92. The van der Waals surface area contributed by atoms with Gasteiger partial charge in [-0.05, 0) is 36.8 Å². The van der Waals surface area contributed by atoms with Gasteiger partial charge in [-0.3, -0.25) is 4.98 Å². The van der Waals surface area contributed by atoms with Crippen LogP contribution in [0.5, 0.6) is 0 Å². The zero-order valence-electron chi connectivity index (χ0n) is 13.5. The number of aromatic nitrogens is 1. The molecule has 0 aliphatic heterocycles. The van der Waals surface area contributed by atoms with Gasteiger partial charge in [0.15, 0.2) is 0 Å². The lowest BCUT2D eigenvalue weighted by atomic mass is 9.93. The molecule has 1 heterocycles. The third-order valence-corrected chi connectivity index (χ3v) is 3.83. The molecule has 0 saturated carbocycles. The number of benzene rings is 1. The largest absolute Gasteiger partial charge is 0.384 e. The monoisotopic (exact) mass is 270 g/mol. The zero-order chi connectivity index (χ0) is 14.9. The maximum absolute atomic E-state index is 4.92. The highest BCUT2D eigenvalue weighted by Gasteiger charge is 2.17. The van der Waals surface area contributed by atoms with Crippen LogP contribution >= 0.6 is 0 Å². The third kappa shape index (κ3) is 2.52. The third-order valence-electron chi connectivity index (χ3n) is 3.83. The molecule has 0 fully saturated rings. The summed E-state index contributed by atoms with van der Waals surface area (Å²) in [5.74, 6) is 0.966. The van der Waals surface area contributed by atoms with Crippen molar-refractivity contribution >= 4 is 16.6 Å². The molecule has 0 saturated heterocycles. The number of hydrogen-bond acceptors (Lipinski definition) is 2. The molecular formula is C18H26N2.